The van der Waals surface area contributed by atoms with Gasteiger partial charge >= 0.3 is 0 Å². The number of ether oxygens (including phenoxy) is 1. The SMILES string of the molecule is C=NN(c1ccc(NC(=O)c2ccc(=O)n(-c3c(F)cccc3F)n2)c(N2C[C@H](N)C(C)(C)C2)c1C)[C@H]1CCOC1. The van der Waals surface area contributed by atoms with E-state index in [4.69, 9.17) is 10.5 Å². The molecular weight excluding hydrogens is 532 g/mol. The highest BCUT2D eigenvalue weighted by atomic mass is 19.1. The smallest absolute Gasteiger partial charge is 0.276 e. The molecule has 2 atom stereocenters. The number of nitrogens with two attached hydrogens (primary N) is 1. The Hall–Kier alpha value is -4.16. The lowest BCUT2D eigenvalue weighted by Gasteiger charge is -2.31. The summed E-state index contributed by atoms with van der Waals surface area (Å²) < 4.78 is 35.0. The zero-order valence-corrected chi connectivity index (χ0v) is 23.2. The lowest BCUT2D eigenvalue weighted by molar-refractivity contribution is 0.102. The number of anilines is 3. The molecule has 3 aromatic rings. The Morgan fingerprint density at radius 3 is 2.54 bits per heavy atom. The van der Waals surface area contributed by atoms with E-state index in [1.54, 1.807) is 6.07 Å². The van der Waals surface area contributed by atoms with Gasteiger partial charge in [-0.3, -0.25) is 14.6 Å². The molecule has 0 radical (unpaired) electrons. The molecule has 1 aromatic heterocycles. The zero-order valence-electron chi connectivity index (χ0n) is 23.2. The van der Waals surface area contributed by atoms with Crippen molar-refractivity contribution in [3.8, 4) is 5.69 Å². The highest BCUT2D eigenvalue weighted by Crippen LogP contribution is 2.42. The summed E-state index contributed by atoms with van der Waals surface area (Å²) in [4.78, 5) is 28.0. The van der Waals surface area contributed by atoms with Crippen LogP contribution in [-0.2, 0) is 4.74 Å². The monoisotopic (exact) mass is 565 g/mol. The fourth-order valence-electron chi connectivity index (χ4n) is 5.45. The van der Waals surface area contributed by atoms with Crippen LogP contribution in [0.1, 0.15) is 36.3 Å². The van der Waals surface area contributed by atoms with Gasteiger partial charge in [-0.25, -0.2) is 8.78 Å². The fraction of sp³-hybridized carbons (Fsp3) is 0.379. The van der Waals surface area contributed by atoms with Crippen molar-refractivity contribution in [3.05, 3.63) is 75.7 Å². The van der Waals surface area contributed by atoms with Gasteiger partial charge in [0.25, 0.3) is 11.5 Å². The van der Waals surface area contributed by atoms with Crippen LogP contribution >= 0.6 is 0 Å². The Kier molecular flexibility index (Phi) is 7.62. The van der Waals surface area contributed by atoms with E-state index in [-0.39, 0.29) is 23.2 Å². The van der Waals surface area contributed by atoms with Crippen molar-refractivity contribution in [3.63, 3.8) is 0 Å². The van der Waals surface area contributed by atoms with Crippen LogP contribution in [0.3, 0.4) is 0 Å². The predicted octanol–water partition coefficient (Wildman–Crippen LogP) is 3.46. The van der Waals surface area contributed by atoms with Crippen LogP contribution in [0, 0.1) is 24.0 Å². The molecule has 0 unspecified atom stereocenters. The number of hydrogen-bond donors (Lipinski definition) is 2. The molecule has 3 N–H and O–H groups in total. The second kappa shape index (κ2) is 11.0. The number of halogens is 2. The number of benzene rings is 2. The van der Waals surface area contributed by atoms with Gasteiger partial charge in [0.2, 0.25) is 0 Å². The third kappa shape index (κ3) is 5.32. The van der Waals surface area contributed by atoms with E-state index in [2.05, 4.69) is 41.0 Å². The fourth-order valence-corrected chi connectivity index (χ4v) is 5.45. The van der Waals surface area contributed by atoms with Crippen molar-refractivity contribution in [2.24, 2.45) is 16.3 Å². The number of amides is 1. The first kappa shape index (κ1) is 28.4. The molecule has 2 saturated heterocycles. The molecule has 41 heavy (non-hydrogen) atoms. The zero-order chi connectivity index (χ0) is 29.5. The maximum absolute atomic E-state index is 14.4. The highest BCUT2D eigenvalue weighted by molar-refractivity contribution is 6.05. The van der Waals surface area contributed by atoms with Crippen LogP contribution in [-0.4, -0.2) is 60.8 Å². The number of hydrazone groups is 1. The molecule has 2 aliphatic rings. The number of nitrogens with one attached hydrogen (secondary N) is 1. The Morgan fingerprint density at radius 1 is 1.20 bits per heavy atom. The predicted molar refractivity (Wildman–Crippen MR) is 154 cm³/mol. The number of carbonyl (C=O) groups is 1. The molecule has 10 nitrogen and oxygen atoms in total. The first-order chi connectivity index (χ1) is 19.5. The van der Waals surface area contributed by atoms with E-state index >= 15 is 0 Å². The van der Waals surface area contributed by atoms with Crippen LogP contribution < -0.4 is 26.5 Å². The summed E-state index contributed by atoms with van der Waals surface area (Å²) in [5.74, 6) is -2.62. The van der Waals surface area contributed by atoms with Gasteiger partial charge < -0.3 is 20.7 Å². The van der Waals surface area contributed by atoms with Crippen molar-refractivity contribution in [2.45, 2.75) is 39.3 Å². The molecule has 0 spiro atoms. The minimum Gasteiger partial charge on any atom is -0.379 e. The third-order valence-electron chi connectivity index (χ3n) is 7.82. The topological polar surface area (TPSA) is 118 Å². The molecule has 5 rings (SSSR count). The number of para-hydroxylation sites is 1. The number of aromatic nitrogens is 2. The highest BCUT2D eigenvalue weighted by Gasteiger charge is 2.39. The van der Waals surface area contributed by atoms with Gasteiger partial charge in [0.1, 0.15) is 11.4 Å². The minimum absolute atomic E-state index is 0.0285. The molecular formula is C29H33F2N7O3. The molecule has 2 fully saturated rings. The van der Waals surface area contributed by atoms with Crippen molar-refractivity contribution < 1.29 is 18.3 Å². The first-order valence-corrected chi connectivity index (χ1v) is 13.4. The van der Waals surface area contributed by atoms with Gasteiger partial charge in [0.05, 0.1) is 29.7 Å². The van der Waals surface area contributed by atoms with Gasteiger partial charge in [0.15, 0.2) is 11.6 Å². The average Bonchev–Trinajstić information content (AvgIpc) is 3.54. The largest absolute Gasteiger partial charge is 0.379 e. The van der Waals surface area contributed by atoms with Crippen molar-refractivity contribution in [1.29, 1.82) is 0 Å². The van der Waals surface area contributed by atoms with Crippen LogP contribution in [0.5, 0.6) is 0 Å². The van der Waals surface area contributed by atoms with E-state index in [0.717, 1.165) is 41.6 Å². The quantitative estimate of drug-likeness (QED) is 0.333. The average molecular weight is 566 g/mol. The summed E-state index contributed by atoms with van der Waals surface area (Å²) in [6.07, 6.45) is 0.803. The lowest BCUT2D eigenvalue weighted by atomic mass is 9.89. The summed E-state index contributed by atoms with van der Waals surface area (Å²) in [7, 11) is 0. The van der Waals surface area contributed by atoms with E-state index in [0.29, 0.717) is 36.7 Å². The van der Waals surface area contributed by atoms with Gasteiger partial charge in [-0.15, -0.1) is 0 Å². The van der Waals surface area contributed by atoms with Crippen LogP contribution in [0.25, 0.3) is 5.69 Å². The van der Waals surface area contributed by atoms with E-state index < -0.39 is 28.8 Å². The van der Waals surface area contributed by atoms with Gasteiger partial charge in [-0.05, 0) is 54.7 Å². The third-order valence-corrected chi connectivity index (χ3v) is 7.82. The molecule has 12 heteroatoms. The maximum Gasteiger partial charge on any atom is 0.276 e. The Morgan fingerprint density at radius 2 is 1.93 bits per heavy atom. The van der Waals surface area contributed by atoms with Gasteiger partial charge in [0, 0.05) is 38.5 Å². The molecule has 1 amide bonds. The summed E-state index contributed by atoms with van der Waals surface area (Å²) in [5, 5.41) is 13.0. The Balaban J connectivity index is 1.54. The number of carbonyl (C=O) groups excluding carboxylic acids is 1. The second-order valence-corrected chi connectivity index (χ2v) is 11.1. The Bertz CT molecular complexity index is 1530. The second-order valence-electron chi connectivity index (χ2n) is 11.1. The number of hydrogen-bond acceptors (Lipinski definition) is 8. The normalized spacial score (nSPS) is 19.8. The molecule has 0 saturated carbocycles. The summed E-state index contributed by atoms with van der Waals surface area (Å²) in [6.45, 7) is 12.3. The molecule has 216 valence electrons. The van der Waals surface area contributed by atoms with Crippen molar-refractivity contribution in [2.75, 3.05) is 41.5 Å². The standard InChI is InChI=1S/C29H33F2N7O3/c1-17-23(37(33-4)18-12-13-41-15-18)10-8-21(26(17)36-14-24(32)29(2,3)16-36)34-28(40)22-9-11-25(39)38(35-22)27-19(30)6-5-7-20(27)31/h5-11,18,24H,4,12-16,32H2,1-3H3,(H,34,40)/t18-,24-/m0/s1. The molecule has 2 aromatic carbocycles. The first-order valence-electron chi connectivity index (χ1n) is 13.4. The minimum atomic E-state index is -0.980. The van der Waals surface area contributed by atoms with Crippen molar-refractivity contribution in [1.82, 2.24) is 9.78 Å². The van der Waals surface area contributed by atoms with Crippen LogP contribution in [0.4, 0.5) is 25.8 Å². The molecule has 0 aliphatic carbocycles. The van der Waals surface area contributed by atoms with Gasteiger partial charge in [-0.2, -0.15) is 14.9 Å². The lowest BCUT2D eigenvalue weighted by Crippen LogP contribution is -2.35. The molecule has 2 aliphatic heterocycles. The maximum atomic E-state index is 14.4. The van der Waals surface area contributed by atoms with Crippen LogP contribution in [0.15, 0.2) is 52.4 Å². The van der Waals surface area contributed by atoms with Crippen molar-refractivity contribution >= 4 is 29.7 Å². The van der Waals surface area contributed by atoms with E-state index in [1.165, 1.54) is 12.1 Å². The van der Waals surface area contributed by atoms with Crippen LogP contribution in [0.2, 0.25) is 0 Å². The molecule has 0 bridgehead atoms. The van der Waals surface area contributed by atoms with Gasteiger partial charge in [-0.1, -0.05) is 19.9 Å². The summed E-state index contributed by atoms with van der Waals surface area (Å²) >= 11 is 0. The number of nitrogens with zero attached hydrogens (tertiary/aromatic N) is 5. The van der Waals surface area contributed by atoms with E-state index in [9.17, 15) is 18.4 Å². The summed E-state index contributed by atoms with van der Waals surface area (Å²) in [5.41, 5.74) is 7.59. The summed E-state index contributed by atoms with van der Waals surface area (Å²) in [6, 6.07) is 9.01. The van der Waals surface area contributed by atoms with E-state index in [1.807, 2.05) is 18.0 Å². The Labute approximate surface area is 236 Å². The molecule has 3 heterocycles. The number of rotatable bonds is 7.